The van der Waals surface area contributed by atoms with Crippen molar-refractivity contribution < 1.29 is 4.57 Å². The molecule has 0 saturated carbocycles. The van der Waals surface area contributed by atoms with Crippen LogP contribution in [0.2, 0.25) is 0 Å². The number of nitrogens with zero attached hydrogens (tertiary/aromatic N) is 1. The number of rotatable bonds is 4. The van der Waals surface area contributed by atoms with E-state index in [4.69, 9.17) is 0 Å². The lowest BCUT2D eigenvalue weighted by molar-refractivity contribution is -0.664. The van der Waals surface area contributed by atoms with Crippen LogP contribution in [0.25, 0.3) is 37.8 Å². The fourth-order valence-electron chi connectivity index (χ4n) is 4.95. The summed E-state index contributed by atoms with van der Waals surface area (Å²) in [6.07, 6.45) is 5.66. The van der Waals surface area contributed by atoms with Crippen molar-refractivity contribution in [1.29, 1.82) is 0 Å². The Hall–Kier alpha value is -3.08. The summed E-state index contributed by atoms with van der Waals surface area (Å²) in [6, 6.07) is 24.2. The Morgan fingerprint density at radius 3 is 2.50 bits per heavy atom. The summed E-state index contributed by atoms with van der Waals surface area (Å²) in [5.74, 6) is 0. The maximum atomic E-state index is 3.73. The van der Waals surface area contributed by atoms with Gasteiger partial charge in [0.05, 0.1) is 16.1 Å². The number of allylic oxidation sites excluding steroid dienone is 2. The first-order chi connectivity index (χ1) is 16.7. The molecule has 0 radical (unpaired) electrons. The van der Waals surface area contributed by atoms with Gasteiger partial charge in [-0.25, -0.2) is 0 Å². The Morgan fingerprint density at radius 2 is 1.71 bits per heavy atom. The van der Waals surface area contributed by atoms with Crippen molar-refractivity contribution in [3.63, 3.8) is 0 Å². The van der Waals surface area contributed by atoms with Crippen molar-refractivity contribution in [1.82, 2.24) is 0 Å². The van der Waals surface area contributed by atoms with Crippen molar-refractivity contribution >= 4 is 66.6 Å². The van der Waals surface area contributed by atoms with E-state index in [0.29, 0.717) is 0 Å². The number of hydrogen-bond acceptors (Lipinski definition) is 3. The topological polar surface area (TPSA) is 15.9 Å². The average molecular weight is 480 g/mol. The SMILES string of the molecule is CCc1cc2ccccc2c2c1SC(=CC(C)=Cc1sc3ccc4ccccc4c3[n+]1CC)N2. The predicted octanol–water partition coefficient (Wildman–Crippen LogP) is 8.54. The number of benzene rings is 4. The molecule has 4 heteroatoms. The third-order valence-corrected chi connectivity index (χ3v) is 8.77. The molecule has 0 bridgehead atoms. The van der Waals surface area contributed by atoms with Crippen LogP contribution in [-0.4, -0.2) is 0 Å². The normalized spacial score (nSPS) is 14.9. The van der Waals surface area contributed by atoms with E-state index in [9.17, 15) is 0 Å². The van der Waals surface area contributed by atoms with Crippen LogP contribution in [0, 0.1) is 0 Å². The summed E-state index contributed by atoms with van der Waals surface area (Å²) in [6.45, 7) is 7.64. The maximum Gasteiger partial charge on any atom is 0.263 e. The Bertz CT molecular complexity index is 1640. The van der Waals surface area contributed by atoms with E-state index in [1.54, 1.807) is 0 Å². The molecule has 0 spiro atoms. The molecule has 2 nitrogen and oxygen atoms in total. The number of anilines is 1. The van der Waals surface area contributed by atoms with E-state index < -0.39 is 0 Å². The molecule has 34 heavy (non-hydrogen) atoms. The first-order valence-electron chi connectivity index (χ1n) is 11.9. The fourth-order valence-corrected chi connectivity index (χ4v) is 7.42. The molecule has 1 aliphatic rings. The minimum absolute atomic E-state index is 0.952. The van der Waals surface area contributed by atoms with Crippen LogP contribution >= 0.6 is 23.1 Å². The zero-order valence-corrected chi connectivity index (χ0v) is 21.3. The number of fused-ring (bicyclic) bond motifs is 6. The van der Waals surface area contributed by atoms with E-state index in [0.717, 1.165) is 13.0 Å². The minimum atomic E-state index is 0.952. The summed E-state index contributed by atoms with van der Waals surface area (Å²) in [5, 5.41) is 11.5. The first-order valence-corrected chi connectivity index (χ1v) is 13.5. The zero-order chi connectivity index (χ0) is 23.2. The van der Waals surface area contributed by atoms with Crippen LogP contribution < -0.4 is 9.88 Å². The highest BCUT2D eigenvalue weighted by molar-refractivity contribution is 8.03. The molecule has 1 N–H and O–H groups in total. The Morgan fingerprint density at radius 1 is 0.941 bits per heavy atom. The van der Waals surface area contributed by atoms with Gasteiger partial charge in [0, 0.05) is 16.4 Å². The largest absolute Gasteiger partial charge is 0.349 e. The fraction of sp³-hybridized carbons (Fsp3) is 0.167. The smallest absolute Gasteiger partial charge is 0.263 e. The molecule has 2 heterocycles. The van der Waals surface area contributed by atoms with Crippen LogP contribution in [0.5, 0.6) is 0 Å². The van der Waals surface area contributed by atoms with Crippen molar-refractivity contribution in [2.45, 2.75) is 38.6 Å². The molecular formula is C30H27N2S2+. The highest BCUT2D eigenvalue weighted by Crippen LogP contribution is 2.47. The van der Waals surface area contributed by atoms with Gasteiger partial charge in [0.2, 0.25) is 5.52 Å². The molecular weight excluding hydrogens is 452 g/mol. The predicted molar refractivity (Wildman–Crippen MR) is 150 cm³/mol. The Balaban J connectivity index is 1.40. The Labute approximate surface area is 208 Å². The second-order valence-corrected chi connectivity index (χ2v) is 10.9. The average Bonchev–Trinajstić information content (AvgIpc) is 3.44. The molecule has 0 atom stereocenters. The van der Waals surface area contributed by atoms with Gasteiger partial charge in [-0.2, -0.15) is 4.57 Å². The summed E-state index contributed by atoms with van der Waals surface area (Å²) < 4.78 is 3.80. The molecule has 1 aromatic heterocycles. The van der Waals surface area contributed by atoms with Crippen molar-refractivity contribution in [3.8, 4) is 0 Å². The van der Waals surface area contributed by atoms with Crippen LogP contribution in [0.4, 0.5) is 5.69 Å². The maximum absolute atomic E-state index is 3.73. The molecule has 1 aliphatic heterocycles. The molecule has 0 aliphatic carbocycles. The van der Waals surface area contributed by atoms with Gasteiger partial charge >= 0.3 is 0 Å². The monoisotopic (exact) mass is 479 g/mol. The quantitative estimate of drug-likeness (QED) is 0.260. The van der Waals surface area contributed by atoms with E-state index in [1.807, 2.05) is 23.1 Å². The van der Waals surface area contributed by atoms with Crippen LogP contribution in [0.15, 0.2) is 88.3 Å². The van der Waals surface area contributed by atoms with E-state index in [1.165, 1.54) is 63.5 Å². The van der Waals surface area contributed by atoms with Crippen molar-refractivity contribution in [3.05, 3.63) is 94.0 Å². The number of aromatic nitrogens is 1. The van der Waals surface area contributed by atoms with Gasteiger partial charge in [-0.1, -0.05) is 78.6 Å². The van der Waals surface area contributed by atoms with E-state index >= 15 is 0 Å². The van der Waals surface area contributed by atoms with Gasteiger partial charge < -0.3 is 5.32 Å². The highest BCUT2D eigenvalue weighted by Gasteiger charge is 2.23. The van der Waals surface area contributed by atoms with Crippen LogP contribution in [0.1, 0.15) is 31.3 Å². The van der Waals surface area contributed by atoms with Gasteiger partial charge in [0.25, 0.3) is 5.01 Å². The number of thioether (sulfide) groups is 1. The highest BCUT2D eigenvalue weighted by atomic mass is 32.2. The van der Waals surface area contributed by atoms with Crippen molar-refractivity contribution in [2.24, 2.45) is 0 Å². The number of thiazole rings is 1. The Kier molecular flexibility index (Phi) is 5.43. The lowest BCUT2D eigenvalue weighted by atomic mass is 10.0. The molecule has 0 unspecified atom stereocenters. The number of aryl methyl sites for hydroxylation is 2. The van der Waals surface area contributed by atoms with E-state index in [-0.39, 0.29) is 0 Å². The minimum Gasteiger partial charge on any atom is -0.349 e. The summed E-state index contributed by atoms with van der Waals surface area (Å²) in [5.41, 5.74) is 5.27. The molecule has 0 fully saturated rings. The lowest BCUT2D eigenvalue weighted by Gasteiger charge is -2.09. The van der Waals surface area contributed by atoms with Gasteiger partial charge in [-0.3, -0.25) is 0 Å². The molecule has 6 rings (SSSR count). The third kappa shape index (κ3) is 3.53. The van der Waals surface area contributed by atoms with Gasteiger partial charge in [-0.05, 0) is 66.5 Å². The number of nitrogens with one attached hydrogen (secondary N) is 1. The second-order valence-electron chi connectivity index (χ2n) is 8.76. The number of hydrogen-bond donors (Lipinski definition) is 1. The van der Waals surface area contributed by atoms with E-state index in [2.05, 4.69) is 110 Å². The summed E-state index contributed by atoms with van der Waals surface area (Å²) in [7, 11) is 0. The van der Waals surface area contributed by atoms with Gasteiger partial charge in [0.15, 0.2) is 0 Å². The first kappa shape index (κ1) is 21.5. The van der Waals surface area contributed by atoms with Gasteiger partial charge in [0.1, 0.15) is 11.2 Å². The lowest BCUT2D eigenvalue weighted by Crippen LogP contribution is -2.33. The van der Waals surface area contributed by atoms with Crippen LogP contribution in [-0.2, 0) is 13.0 Å². The van der Waals surface area contributed by atoms with Crippen molar-refractivity contribution in [2.75, 3.05) is 5.32 Å². The third-order valence-electron chi connectivity index (χ3n) is 6.56. The molecule has 0 amide bonds. The standard InChI is InChI=1S/C30H26N2S2/c1-4-20-18-22-11-7-8-12-23(22)28-30(20)34-26(31-28)16-19(3)17-27-32(5-2)29-24-13-9-6-10-21(24)14-15-25(29)33-27/h6-18H,4-5H2,1-3H3/p+1. The summed E-state index contributed by atoms with van der Waals surface area (Å²) in [4.78, 5) is 1.37. The zero-order valence-electron chi connectivity index (χ0n) is 19.7. The van der Waals surface area contributed by atoms with Gasteiger partial charge in [-0.15, -0.1) is 0 Å². The molecule has 5 aromatic rings. The molecule has 4 aromatic carbocycles. The molecule has 0 saturated heterocycles. The van der Waals surface area contributed by atoms with Crippen LogP contribution in [0.3, 0.4) is 0 Å². The summed E-state index contributed by atoms with van der Waals surface area (Å²) >= 11 is 3.74. The molecule has 168 valence electrons. The second kappa shape index (κ2) is 8.61.